The molecule has 2 nitrogen and oxygen atoms in total. The smallest absolute Gasteiger partial charge is 0.120 e. The van der Waals surface area contributed by atoms with Crippen molar-refractivity contribution in [1.29, 1.82) is 0 Å². The van der Waals surface area contributed by atoms with Crippen molar-refractivity contribution in [3.8, 4) is 5.75 Å². The highest BCUT2D eigenvalue weighted by Gasteiger charge is 2.01. The van der Waals surface area contributed by atoms with E-state index in [1.807, 2.05) is 6.92 Å². The Balaban J connectivity index is 2.63. The summed E-state index contributed by atoms with van der Waals surface area (Å²) < 4.78 is 5.34. The van der Waals surface area contributed by atoms with Crippen molar-refractivity contribution in [2.24, 2.45) is 5.73 Å². The molecule has 72 valence electrons. The van der Waals surface area contributed by atoms with Crippen LogP contribution in [0.15, 0.2) is 18.2 Å². The first-order chi connectivity index (χ1) is 6.09. The quantitative estimate of drug-likeness (QED) is 0.849. The average Bonchev–Trinajstić information content (AvgIpc) is 2.07. The highest BCUT2D eigenvalue weighted by Crippen LogP contribution is 2.26. The van der Waals surface area contributed by atoms with E-state index in [1.54, 1.807) is 18.2 Å². The number of nitrogens with two attached hydrogens (primary N) is 1. The van der Waals surface area contributed by atoms with Gasteiger partial charge in [-0.05, 0) is 19.1 Å². The number of hydrogen-bond donors (Lipinski definition) is 1. The highest BCUT2D eigenvalue weighted by molar-refractivity contribution is 6.42. The van der Waals surface area contributed by atoms with Crippen molar-refractivity contribution in [3.05, 3.63) is 28.2 Å². The largest absolute Gasteiger partial charge is 0.492 e. The molecule has 0 bridgehead atoms. The van der Waals surface area contributed by atoms with Crippen LogP contribution in [0.4, 0.5) is 0 Å². The maximum Gasteiger partial charge on any atom is 0.120 e. The number of ether oxygens (including phenoxy) is 1. The van der Waals surface area contributed by atoms with E-state index in [4.69, 9.17) is 33.7 Å². The second-order valence-corrected chi connectivity index (χ2v) is 3.68. The van der Waals surface area contributed by atoms with Crippen molar-refractivity contribution in [1.82, 2.24) is 0 Å². The van der Waals surface area contributed by atoms with Crippen molar-refractivity contribution < 1.29 is 4.74 Å². The van der Waals surface area contributed by atoms with Crippen LogP contribution in [-0.4, -0.2) is 12.6 Å². The molecule has 0 aliphatic carbocycles. The molecule has 1 aromatic rings. The second kappa shape index (κ2) is 4.70. The van der Waals surface area contributed by atoms with Gasteiger partial charge in [0.2, 0.25) is 0 Å². The van der Waals surface area contributed by atoms with Gasteiger partial charge in [0, 0.05) is 12.1 Å². The zero-order valence-corrected chi connectivity index (χ0v) is 8.77. The number of benzene rings is 1. The molecule has 1 atom stereocenters. The molecule has 2 N–H and O–H groups in total. The Hall–Kier alpha value is -0.440. The van der Waals surface area contributed by atoms with Crippen LogP contribution in [0, 0.1) is 0 Å². The zero-order valence-electron chi connectivity index (χ0n) is 7.26. The topological polar surface area (TPSA) is 35.2 Å². The van der Waals surface area contributed by atoms with E-state index in [-0.39, 0.29) is 6.04 Å². The summed E-state index contributed by atoms with van der Waals surface area (Å²) in [6.07, 6.45) is 0. The van der Waals surface area contributed by atoms with Crippen LogP contribution in [0.1, 0.15) is 6.92 Å². The third-order valence-electron chi connectivity index (χ3n) is 1.40. The Labute approximate surface area is 87.6 Å². The summed E-state index contributed by atoms with van der Waals surface area (Å²) in [5.74, 6) is 0.687. The Morgan fingerprint density at radius 2 is 2.08 bits per heavy atom. The Bertz CT molecular complexity index is 289. The third-order valence-corrected chi connectivity index (χ3v) is 2.14. The van der Waals surface area contributed by atoms with Crippen LogP contribution in [0.3, 0.4) is 0 Å². The SMILES string of the molecule is CC(N)COc1ccc(Cl)c(Cl)c1. The van der Waals surface area contributed by atoms with E-state index in [2.05, 4.69) is 0 Å². The van der Waals surface area contributed by atoms with Crippen molar-refractivity contribution in [2.45, 2.75) is 13.0 Å². The van der Waals surface area contributed by atoms with Gasteiger partial charge in [-0.1, -0.05) is 23.2 Å². The van der Waals surface area contributed by atoms with E-state index in [1.165, 1.54) is 0 Å². The van der Waals surface area contributed by atoms with Gasteiger partial charge in [0.05, 0.1) is 10.0 Å². The van der Waals surface area contributed by atoms with E-state index in [0.717, 1.165) is 0 Å². The predicted octanol–water partition coefficient (Wildman–Crippen LogP) is 2.72. The minimum absolute atomic E-state index is 0.00875. The average molecular weight is 220 g/mol. The fraction of sp³-hybridized carbons (Fsp3) is 0.333. The van der Waals surface area contributed by atoms with Crippen LogP contribution >= 0.6 is 23.2 Å². The summed E-state index contributed by atoms with van der Waals surface area (Å²) in [7, 11) is 0. The van der Waals surface area contributed by atoms with Gasteiger partial charge in [-0.15, -0.1) is 0 Å². The molecule has 13 heavy (non-hydrogen) atoms. The molecule has 1 rings (SSSR count). The molecule has 0 saturated heterocycles. The molecular weight excluding hydrogens is 209 g/mol. The summed E-state index contributed by atoms with van der Waals surface area (Å²) in [6, 6.07) is 5.14. The molecule has 0 heterocycles. The summed E-state index contributed by atoms with van der Waals surface area (Å²) in [5.41, 5.74) is 5.52. The minimum Gasteiger partial charge on any atom is -0.492 e. The summed E-state index contributed by atoms with van der Waals surface area (Å²) in [6.45, 7) is 2.34. The van der Waals surface area contributed by atoms with Gasteiger partial charge in [-0.3, -0.25) is 0 Å². The first-order valence-corrected chi connectivity index (χ1v) is 4.68. The lowest BCUT2D eigenvalue weighted by Gasteiger charge is -2.08. The standard InChI is InChI=1S/C9H11Cl2NO/c1-6(12)5-13-7-2-3-8(10)9(11)4-7/h2-4,6H,5,12H2,1H3. The van der Waals surface area contributed by atoms with Crippen LogP contribution in [0.2, 0.25) is 10.0 Å². The lowest BCUT2D eigenvalue weighted by molar-refractivity contribution is 0.296. The molecule has 0 fully saturated rings. The molecule has 1 aromatic carbocycles. The van der Waals surface area contributed by atoms with Gasteiger partial charge < -0.3 is 10.5 Å². The predicted molar refractivity (Wildman–Crippen MR) is 55.6 cm³/mol. The molecule has 1 unspecified atom stereocenters. The van der Waals surface area contributed by atoms with Crippen LogP contribution in [0.25, 0.3) is 0 Å². The fourth-order valence-corrected chi connectivity index (χ4v) is 1.08. The van der Waals surface area contributed by atoms with Crippen LogP contribution < -0.4 is 10.5 Å². The Kier molecular flexibility index (Phi) is 3.85. The first kappa shape index (κ1) is 10.6. The third kappa shape index (κ3) is 3.43. The summed E-state index contributed by atoms with van der Waals surface area (Å²) in [5, 5.41) is 1.01. The Morgan fingerprint density at radius 1 is 1.38 bits per heavy atom. The van der Waals surface area contributed by atoms with Gasteiger partial charge in [0.15, 0.2) is 0 Å². The molecule has 0 amide bonds. The zero-order chi connectivity index (χ0) is 9.84. The van der Waals surface area contributed by atoms with Gasteiger partial charge in [-0.25, -0.2) is 0 Å². The van der Waals surface area contributed by atoms with E-state index >= 15 is 0 Å². The molecule has 0 aliphatic heterocycles. The monoisotopic (exact) mass is 219 g/mol. The lowest BCUT2D eigenvalue weighted by atomic mass is 10.3. The maximum absolute atomic E-state index is 5.79. The Morgan fingerprint density at radius 3 is 2.62 bits per heavy atom. The van der Waals surface area contributed by atoms with Crippen molar-refractivity contribution in [2.75, 3.05) is 6.61 Å². The second-order valence-electron chi connectivity index (χ2n) is 2.86. The molecule has 0 radical (unpaired) electrons. The van der Waals surface area contributed by atoms with Crippen molar-refractivity contribution in [3.63, 3.8) is 0 Å². The van der Waals surface area contributed by atoms with Crippen LogP contribution in [-0.2, 0) is 0 Å². The minimum atomic E-state index is 0.00875. The molecule has 4 heteroatoms. The maximum atomic E-state index is 5.79. The number of hydrogen-bond acceptors (Lipinski definition) is 2. The van der Waals surface area contributed by atoms with E-state index in [0.29, 0.717) is 22.4 Å². The van der Waals surface area contributed by atoms with Gasteiger partial charge >= 0.3 is 0 Å². The molecule has 0 saturated carbocycles. The van der Waals surface area contributed by atoms with E-state index in [9.17, 15) is 0 Å². The normalized spacial score (nSPS) is 12.6. The molecule has 0 spiro atoms. The van der Waals surface area contributed by atoms with Gasteiger partial charge in [-0.2, -0.15) is 0 Å². The summed E-state index contributed by atoms with van der Waals surface area (Å²) in [4.78, 5) is 0. The van der Waals surface area contributed by atoms with Crippen molar-refractivity contribution >= 4 is 23.2 Å². The van der Waals surface area contributed by atoms with Crippen LogP contribution in [0.5, 0.6) is 5.75 Å². The fourth-order valence-electron chi connectivity index (χ4n) is 0.794. The van der Waals surface area contributed by atoms with E-state index < -0.39 is 0 Å². The lowest BCUT2D eigenvalue weighted by Crippen LogP contribution is -2.23. The number of halogens is 2. The molecule has 0 aliphatic rings. The molecular formula is C9H11Cl2NO. The van der Waals surface area contributed by atoms with Gasteiger partial charge in [0.1, 0.15) is 12.4 Å². The highest BCUT2D eigenvalue weighted by atomic mass is 35.5. The summed E-state index contributed by atoms with van der Waals surface area (Å²) >= 11 is 11.5. The molecule has 0 aromatic heterocycles. The van der Waals surface area contributed by atoms with Gasteiger partial charge in [0.25, 0.3) is 0 Å². The number of rotatable bonds is 3. The first-order valence-electron chi connectivity index (χ1n) is 3.93.